The Kier molecular flexibility index (Phi) is 10.1. The van der Waals surface area contributed by atoms with Crippen molar-refractivity contribution in [1.29, 1.82) is 0 Å². The number of ether oxygens (including phenoxy) is 5. The molecular weight excluding hydrogens is 502 g/mol. The summed E-state index contributed by atoms with van der Waals surface area (Å²) in [6.07, 6.45) is -7.24. The SMILES string of the molecule is CO[C@H]1OC(COC(=O)c2ccccc2)[C@@H](O)C(OC(=O)C(Cl)Cl)C1OC(=O)C(Cl)Cl. The maximum Gasteiger partial charge on any atom is 0.340 e. The van der Waals surface area contributed by atoms with Gasteiger partial charge in [-0.25, -0.2) is 14.4 Å². The van der Waals surface area contributed by atoms with Gasteiger partial charge in [0.25, 0.3) is 0 Å². The summed E-state index contributed by atoms with van der Waals surface area (Å²) < 4.78 is 26.0. The van der Waals surface area contributed by atoms with Crippen LogP contribution in [-0.4, -0.2) is 77.1 Å². The van der Waals surface area contributed by atoms with Crippen LogP contribution in [0, 0.1) is 0 Å². The lowest BCUT2D eigenvalue weighted by molar-refractivity contribution is -0.299. The van der Waals surface area contributed by atoms with E-state index >= 15 is 0 Å². The van der Waals surface area contributed by atoms with Gasteiger partial charge in [-0.05, 0) is 12.1 Å². The van der Waals surface area contributed by atoms with E-state index in [-0.39, 0.29) is 5.56 Å². The molecule has 2 rings (SSSR count). The zero-order chi connectivity index (χ0) is 23.1. The van der Waals surface area contributed by atoms with Crippen LogP contribution in [0.3, 0.4) is 0 Å². The van der Waals surface area contributed by atoms with Gasteiger partial charge in [0.15, 0.2) is 18.5 Å². The molecule has 3 unspecified atom stereocenters. The van der Waals surface area contributed by atoms with Crippen LogP contribution >= 0.6 is 46.4 Å². The summed E-state index contributed by atoms with van der Waals surface area (Å²) in [6.45, 7) is -0.442. The summed E-state index contributed by atoms with van der Waals surface area (Å²) >= 11 is 22.0. The number of carbonyl (C=O) groups excluding carboxylic acids is 3. The van der Waals surface area contributed by atoms with Crippen LogP contribution in [0.15, 0.2) is 30.3 Å². The van der Waals surface area contributed by atoms with E-state index in [2.05, 4.69) is 0 Å². The molecule has 1 aromatic rings. The Morgan fingerprint density at radius 2 is 1.55 bits per heavy atom. The Morgan fingerprint density at radius 1 is 1.00 bits per heavy atom. The van der Waals surface area contributed by atoms with Crippen molar-refractivity contribution in [3.8, 4) is 0 Å². The van der Waals surface area contributed by atoms with Crippen LogP contribution in [-0.2, 0) is 33.3 Å². The maximum atomic E-state index is 12.2. The lowest BCUT2D eigenvalue weighted by Gasteiger charge is -2.42. The van der Waals surface area contributed by atoms with E-state index < -0.39 is 64.9 Å². The summed E-state index contributed by atoms with van der Waals surface area (Å²) in [6, 6.07) is 8.09. The molecule has 0 aromatic heterocycles. The molecule has 1 saturated heterocycles. The second-order valence-corrected chi connectivity index (χ2v) is 8.33. The Labute approximate surface area is 197 Å². The van der Waals surface area contributed by atoms with Gasteiger partial charge in [0.2, 0.25) is 9.67 Å². The quantitative estimate of drug-likeness (QED) is 0.312. The number of hydrogen-bond acceptors (Lipinski definition) is 9. The highest BCUT2D eigenvalue weighted by atomic mass is 35.5. The van der Waals surface area contributed by atoms with Gasteiger partial charge in [0.05, 0.1) is 5.56 Å². The average Bonchev–Trinajstić information content (AvgIpc) is 2.75. The number of aliphatic hydroxyl groups excluding tert-OH is 1. The summed E-state index contributed by atoms with van der Waals surface area (Å²) in [5.74, 6) is -2.91. The Hall–Kier alpha value is -1.33. The first-order valence-corrected chi connectivity index (χ1v) is 10.5. The molecule has 9 nitrogen and oxygen atoms in total. The monoisotopic (exact) mass is 518 g/mol. The van der Waals surface area contributed by atoms with Gasteiger partial charge in [0.1, 0.15) is 18.8 Å². The normalized spacial score (nSPS) is 25.9. The van der Waals surface area contributed by atoms with Crippen molar-refractivity contribution >= 4 is 64.3 Å². The van der Waals surface area contributed by atoms with E-state index in [0.29, 0.717) is 0 Å². The minimum absolute atomic E-state index is 0.272. The van der Waals surface area contributed by atoms with Crippen LogP contribution in [0.1, 0.15) is 10.4 Å². The topological polar surface area (TPSA) is 118 Å². The number of rotatable bonds is 8. The van der Waals surface area contributed by atoms with Crippen molar-refractivity contribution in [3.63, 3.8) is 0 Å². The van der Waals surface area contributed by atoms with E-state index in [1.165, 1.54) is 19.2 Å². The first-order chi connectivity index (χ1) is 14.6. The number of halogens is 4. The van der Waals surface area contributed by atoms with Gasteiger partial charge in [-0.1, -0.05) is 64.6 Å². The zero-order valence-electron chi connectivity index (χ0n) is 15.9. The number of esters is 3. The number of hydrogen-bond donors (Lipinski definition) is 1. The number of carbonyl (C=O) groups is 3. The van der Waals surface area contributed by atoms with Crippen LogP contribution < -0.4 is 0 Å². The third kappa shape index (κ3) is 7.08. The molecule has 0 amide bonds. The molecule has 172 valence electrons. The molecular formula is C18H18Cl4O9. The van der Waals surface area contributed by atoms with Crippen molar-refractivity contribution in [2.75, 3.05) is 13.7 Å². The molecule has 0 saturated carbocycles. The minimum Gasteiger partial charge on any atom is -0.459 e. The van der Waals surface area contributed by atoms with E-state index in [1.54, 1.807) is 18.2 Å². The number of aliphatic hydroxyl groups is 1. The van der Waals surface area contributed by atoms with E-state index in [1.807, 2.05) is 0 Å². The second-order valence-electron chi connectivity index (χ2n) is 6.14. The van der Waals surface area contributed by atoms with Crippen LogP contribution in [0.2, 0.25) is 0 Å². The molecule has 1 aliphatic heterocycles. The standard InChI is InChI=1S/C18H18Cl4O9/c1-27-18-12(31-17(26)14(21)22)11(30-16(25)13(19)20)10(23)9(29-18)7-28-15(24)8-5-3-2-4-6-8/h2-6,9-14,18,23H,7H2,1H3/t9?,10-,11?,12?,18+/m1/s1. The van der Waals surface area contributed by atoms with Crippen LogP contribution in [0.4, 0.5) is 0 Å². The van der Waals surface area contributed by atoms with Crippen molar-refractivity contribution in [3.05, 3.63) is 35.9 Å². The summed E-state index contributed by atoms with van der Waals surface area (Å²) in [4.78, 5) is 32.8. The van der Waals surface area contributed by atoms with Gasteiger partial charge < -0.3 is 28.8 Å². The van der Waals surface area contributed by atoms with Gasteiger partial charge >= 0.3 is 17.9 Å². The highest BCUT2D eigenvalue weighted by Gasteiger charge is 2.51. The molecule has 1 fully saturated rings. The summed E-state index contributed by atoms with van der Waals surface area (Å²) in [7, 11) is 1.21. The molecule has 0 aliphatic carbocycles. The van der Waals surface area contributed by atoms with Crippen LogP contribution in [0.5, 0.6) is 0 Å². The largest absolute Gasteiger partial charge is 0.459 e. The number of benzene rings is 1. The molecule has 31 heavy (non-hydrogen) atoms. The fourth-order valence-corrected chi connectivity index (χ4v) is 2.87. The number of alkyl halides is 4. The second kappa shape index (κ2) is 12.1. The third-order valence-corrected chi connectivity index (χ3v) is 4.81. The Balaban J connectivity index is 2.19. The van der Waals surface area contributed by atoms with Crippen molar-refractivity contribution in [2.45, 2.75) is 40.4 Å². The van der Waals surface area contributed by atoms with Gasteiger partial charge in [0, 0.05) is 7.11 Å². The predicted octanol–water partition coefficient (Wildman–Crippen LogP) is 2.01. The lowest BCUT2D eigenvalue weighted by Crippen LogP contribution is -2.62. The molecule has 0 bridgehead atoms. The first kappa shape index (κ1) is 25.9. The van der Waals surface area contributed by atoms with E-state index in [0.717, 1.165) is 0 Å². The fraction of sp³-hybridized carbons (Fsp3) is 0.500. The Bertz CT molecular complexity index is 762. The average molecular weight is 520 g/mol. The smallest absolute Gasteiger partial charge is 0.340 e. The molecule has 0 spiro atoms. The Morgan fingerprint density at radius 3 is 2.06 bits per heavy atom. The van der Waals surface area contributed by atoms with Crippen LogP contribution in [0.25, 0.3) is 0 Å². The third-order valence-electron chi connectivity index (χ3n) is 4.10. The zero-order valence-corrected chi connectivity index (χ0v) is 18.9. The molecule has 1 aliphatic rings. The summed E-state index contributed by atoms with van der Waals surface area (Å²) in [5, 5.41) is 10.7. The molecule has 0 radical (unpaired) electrons. The highest BCUT2D eigenvalue weighted by molar-refractivity contribution is 6.53. The fourth-order valence-electron chi connectivity index (χ4n) is 2.66. The van der Waals surface area contributed by atoms with E-state index in [4.69, 9.17) is 70.1 Å². The highest BCUT2D eigenvalue weighted by Crippen LogP contribution is 2.29. The molecule has 1 heterocycles. The molecule has 1 N–H and O–H groups in total. The predicted molar refractivity (Wildman–Crippen MR) is 109 cm³/mol. The van der Waals surface area contributed by atoms with Gasteiger partial charge in [-0.2, -0.15) is 0 Å². The first-order valence-electron chi connectivity index (χ1n) is 8.71. The number of methoxy groups -OCH3 is 1. The van der Waals surface area contributed by atoms with Crippen molar-refractivity contribution < 1.29 is 43.2 Å². The lowest BCUT2D eigenvalue weighted by atomic mass is 9.98. The van der Waals surface area contributed by atoms with Gasteiger partial charge in [-0.3, -0.25) is 0 Å². The maximum absolute atomic E-state index is 12.2. The van der Waals surface area contributed by atoms with Gasteiger partial charge in [-0.15, -0.1) is 0 Å². The van der Waals surface area contributed by atoms with E-state index in [9.17, 15) is 19.5 Å². The molecule has 13 heteroatoms. The summed E-state index contributed by atoms with van der Waals surface area (Å²) in [5.41, 5.74) is 0.272. The molecule has 5 atom stereocenters. The molecule has 1 aromatic carbocycles. The van der Waals surface area contributed by atoms with Crippen molar-refractivity contribution in [1.82, 2.24) is 0 Å². The van der Waals surface area contributed by atoms with Crippen molar-refractivity contribution in [2.24, 2.45) is 0 Å². The minimum atomic E-state index is -1.63.